The monoisotopic (exact) mass is 339 g/mol. The molecule has 2 aromatic rings. The molecule has 0 spiro atoms. The molecule has 4 rings (SSSR count). The van der Waals surface area contributed by atoms with E-state index in [-0.39, 0.29) is 5.91 Å². The van der Waals surface area contributed by atoms with Crippen molar-refractivity contribution in [3.05, 3.63) is 48.4 Å². The number of hydrogen-bond acceptors (Lipinski definition) is 4. The Bertz CT molecular complexity index is 720. The van der Waals surface area contributed by atoms with Crippen LogP contribution in [0.2, 0.25) is 0 Å². The van der Waals surface area contributed by atoms with Crippen LogP contribution >= 0.6 is 11.8 Å². The first-order valence-corrected chi connectivity index (χ1v) is 9.67. The van der Waals surface area contributed by atoms with E-state index in [1.165, 1.54) is 25.6 Å². The van der Waals surface area contributed by atoms with E-state index in [0.717, 1.165) is 30.0 Å². The normalized spacial score (nSPS) is 23.6. The maximum absolute atomic E-state index is 13.3. The van der Waals surface area contributed by atoms with Crippen molar-refractivity contribution in [2.45, 2.75) is 37.0 Å². The Morgan fingerprint density at radius 2 is 2.00 bits per heavy atom. The largest absolute Gasteiger partial charge is 0.334 e. The molecule has 1 aromatic heterocycles. The van der Waals surface area contributed by atoms with Crippen LogP contribution < -0.4 is 0 Å². The maximum atomic E-state index is 13.3. The number of benzene rings is 1. The minimum Gasteiger partial charge on any atom is -0.334 e. The first-order chi connectivity index (χ1) is 11.8. The predicted molar refractivity (Wildman–Crippen MR) is 97.0 cm³/mol. The Morgan fingerprint density at radius 3 is 2.88 bits per heavy atom. The SMILES string of the molecule is O=C(c1cncnc1-c1ccccc1)N1CCSC2CCCCC21. The second kappa shape index (κ2) is 6.93. The average molecular weight is 339 g/mol. The van der Waals surface area contributed by atoms with Gasteiger partial charge in [0, 0.05) is 35.3 Å². The van der Waals surface area contributed by atoms with Crippen LogP contribution in [0, 0.1) is 0 Å². The molecule has 1 aromatic carbocycles. The summed E-state index contributed by atoms with van der Waals surface area (Å²) in [5.74, 6) is 1.12. The van der Waals surface area contributed by atoms with Crippen molar-refractivity contribution in [2.24, 2.45) is 0 Å². The summed E-state index contributed by atoms with van der Waals surface area (Å²) in [7, 11) is 0. The highest BCUT2D eigenvalue weighted by Gasteiger charge is 2.37. The number of hydrogen-bond donors (Lipinski definition) is 0. The smallest absolute Gasteiger partial charge is 0.257 e. The Morgan fingerprint density at radius 1 is 1.17 bits per heavy atom. The third-order valence-electron chi connectivity index (χ3n) is 4.98. The molecule has 2 fully saturated rings. The highest BCUT2D eigenvalue weighted by Crippen LogP contribution is 2.36. The topological polar surface area (TPSA) is 46.1 Å². The van der Waals surface area contributed by atoms with E-state index in [9.17, 15) is 4.79 Å². The van der Waals surface area contributed by atoms with Gasteiger partial charge in [0.2, 0.25) is 0 Å². The average Bonchev–Trinajstić information content (AvgIpc) is 2.68. The van der Waals surface area contributed by atoms with Gasteiger partial charge in [-0.2, -0.15) is 11.8 Å². The summed E-state index contributed by atoms with van der Waals surface area (Å²) in [6.45, 7) is 0.827. The quantitative estimate of drug-likeness (QED) is 0.838. The van der Waals surface area contributed by atoms with E-state index >= 15 is 0 Å². The molecular weight excluding hydrogens is 318 g/mol. The number of nitrogens with zero attached hydrogens (tertiary/aromatic N) is 3. The molecule has 1 saturated carbocycles. The Labute approximate surface area is 146 Å². The van der Waals surface area contributed by atoms with Crippen LogP contribution in [-0.2, 0) is 0 Å². The molecule has 24 heavy (non-hydrogen) atoms. The molecule has 2 unspecified atom stereocenters. The zero-order valence-electron chi connectivity index (χ0n) is 13.6. The number of fused-ring (bicyclic) bond motifs is 1. The van der Waals surface area contributed by atoms with Crippen molar-refractivity contribution >= 4 is 17.7 Å². The molecule has 0 bridgehead atoms. The molecular formula is C19H21N3OS. The molecule has 0 N–H and O–H groups in total. The van der Waals surface area contributed by atoms with Gasteiger partial charge < -0.3 is 4.90 Å². The molecule has 0 radical (unpaired) electrons. The van der Waals surface area contributed by atoms with Gasteiger partial charge in [-0.15, -0.1) is 0 Å². The van der Waals surface area contributed by atoms with Gasteiger partial charge in [-0.25, -0.2) is 9.97 Å². The molecule has 124 valence electrons. The summed E-state index contributed by atoms with van der Waals surface area (Å²) in [6, 6.07) is 10.3. The van der Waals surface area contributed by atoms with Gasteiger partial charge in [0.15, 0.2) is 0 Å². The number of amides is 1. The number of thioether (sulfide) groups is 1. The fourth-order valence-corrected chi connectivity index (χ4v) is 5.26. The molecule has 2 heterocycles. The highest BCUT2D eigenvalue weighted by atomic mass is 32.2. The molecule has 2 aliphatic rings. The van der Waals surface area contributed by atoms with Crippen LogP contribution in [0.1, 0.15) is 36.0 Å². The van der Waals surface area contributed by atoms with Crippen molar-refractivity contribution in [1.82, 2.24) is 14.9 Å². The van der Waals surface area contributed by atoms with Crippen LogP contribution in [-0.4, -0.2) is 44.4 Å². The van der Waals surface area contributed by atoms with Crippen LogP contribution in [0.25, 0.3) is 11.3 Å². The molecule has 2 atom stereocenters. The molecule has 5 heteroatoms. The highest BCUT2D eigenvalue weighted by molar-refractivity contribution is 8.00. The zero-order chi connectivity index (χ0) is 16.4. The number of aromatic nitrogens is 2. The van der Waals surface area contributed by atoms with Crippen molar-refractivity contribution in [1.29, 1.82) is 0 Å². The van der Waals surface area contributed by atoms with Gasteiger partial charge in [-0.05, 0) is 12.8 Å². The molecule has 4 nitrogen and oxygen atoms in total. The van der Waals surface area contributed by atoms with Crippen molar-refractivity contribution < 1.29 is 4.79 Å². The lowest BCUT2D eigenvalue weighted by Crippen LogP contribution is -2.51. The number of rotatable bonds is 2. The van der Waals surface area contributed by atoms with Crippen LogP contribution in [0.4, 0.5) is 0 Å². The zero-order valence-corrected chi connectivity index (χ0v) is 14.4. The summed E-state index contributed by atoms with van der Waals surface area (Å²) < 4.78 is 0. The standard InChI is InChI=1S/C19H21N3OS/c23-19(22-10-11-24-17-9-5-4-8-16(17)22)15-12-20-13-21-18(15)14-6-2-1-3-7-14/h1-3,6-7,12-13,16-17H,4-5,8-11H2. The van der Waals surface area contributed by atoms with Gasteiger partial charge in [0.1, 0.15) is 6.33 Å². The minimum absolute atomic E-state index is 0.0895. The van der Waals surface area contributed by atoms with E-state index in [1.807, 2.05) is 42.1 Å². The first kappa shape index (κ1) is 15.6. The van der Waals surface area contributed by atoms with Crippen molar-refractivity contribution in [2.75, 3.05) is 12.3 Å². The second-order valence-corrected chi connectivity index (χ2v) is 7.76. The molecule has 1 aliphatic heterocycles. The van der Waals surface area contributed by atoms with Crippen LogP contribution in [0.15, 0.2) is 42.9 Å². The first-order valence-electron chi connectivity index (χ1n) is 8.62. The van der Waals surface area contributed by atoms with E-state index in [2.05, 4.69) is 14.9 Å². The van der Waals surface area contributed by atoms with Crippen molar-refractivity contribution in [3.63, 3.8) is 0 Å². The van der Waals surface area contributed by atoms with Crippen LogP contribution in [0.3, 0.4) is 0 Å². The van der Waals surface area contributed by atoms with E-state index in [4.69, 9.17) is 0 Å². The summed E-state index contributed by atoms with van der Waals surface area (Å²) in [4.78, 5) is 23.9. The van der Waals surface area contributed by atoms with Gasteiger partial charge in [-0.1, -0.05) is 43.2 Å². The Balaban J connectivity index is 1.67. The second-order valence-electron chi connectivity index (χ2n) is 6.41. The lowest BCUT2D eigenvalue weighted by molar-refractivity contribution is 0.0646. The lowest BCUT2D eigenvalue weighted by Gasteiger charge is -2.43. The van der Waals surface area contributed by atoms with Gasteiger partial charge in [0.05, 0.1) is 11.3 Å². The number of carbonyl (C=O) groups is 1. The van der Waals surface area contributed by atoms with Gasteiger partial charge in [0.25, 0.3) is 5.91 Å². The summed E-state index contributed by atoms with van der Waals surface area (Å²) in [5.41, 5.74) is 2.33. The summed E-state index contributed by atoms with van der Waals surface area (Å²) >= 11 is 2.04. The minimum atomic E-state index is 0.0895. The molecule has 1 amide bonds. The van der Waals surface area contributed by atoms with E-state index in [0.29, 0.717) is 16.9 Å². The third-order valence-corrected chi connectivity index (χ3v) is 6.38. The van der Waals surface area contributed by atoms with Gasteiger partial charge >= 0.3 is 0 Å². The predicted octanol–water partition coefficient (Wildman–Crippen LogP) is 3.64. The van der Waals surface area contributed by atoms with Crippen molar-refractivity contribution in [3.8, 4) is 11.3 Å². The fourth-order valence-electron chi connectivity index (χ4n) is 3.82. The third kappa shape index (κ3) is 2.93. The Kier molecular flexibility index (Phi) is 4.52. The summed E-state index contributed by atoms with van der Waals surface area (Å²) in [6.07, 6.45) is 8.07. The fraction of sp³-hybridized carbons (Fsp3) is 0.421. The molecule has 1 saturated heterocycles. The summed E-state index contributed by atoms with van der Waals surface area (Å²) in [5, 5.41) is 0.598. The number of carbonyl (C=O) groups excluding carboxylic acids is 1. The van der Waals surface area contributed by atoms with E-state index < -0.39 is 0 Å². The van der Waals surface area contributed by atoms with E-state index in [1.54, 1.807) is 6.20 Å². The Hall–Kier alpha value is -1.88. The molecule has 1 aliphatic carbocycles. The van der Waals surface area contributed by atoms with Crippen LogP contribution in [0.5, 0.6) is 0 Å². The maximum Gasteiger partial charge on any atom is 0.257 e. The lowest BCUT2D eigenvalue weighted by atomic mass is 9.92. The van der Waals surface area contributed by atoms with Gasteiger partial charge in [-0.3, -0.25) is 4.79 Å².